The second-order valence-corrected chi connectivity index (χ2v) is 4.16. The Balaban J connectivity index is 2.34. The first kappa shape index (κ1) is 6.98. The Hall–Kier alpha value is -0.700. The molecule has 1 unspecified atom stereocenters. The van der Waals surface area contributed by atoms with Gasteiger partial charge in [0.1, 0.15) is 0 Å². The molecule has 2 heterocycles. The number of hydrogen-bond donors (Lipinski definition) is 1. The van der Waals surface area contributed by atoms with Crippen LogP contribution in [0.4, 0.5) is 5.69 Å². The molecule has 1 atom stereocenters. The predicted octanol–water partition coefficient (Wildman–Crippen LogP) is 1.99. The van der Waals surface area contributed by atoms with E-state index in [1.165, 1.54) is 10.6 Å². The number of nitrogens with zero attached hydrogens (tertiary/aromatic N) is 1. The van der Waals surface area contributed by atoms with Crippen LogP contribution in [0, 0.1) is 0 Å². The van der Waals surface area contributed by atoms with Crippen LogP contribution in [0.5, 0.6) is 0 Å². The molecule has 0 aliphatic carbocycles. The Bertz CT molecular complexity index is 262. The first-order chi connectivity index (χ1) is 5.36. The lowest BCUT2D eigenvalue weighted by Crippen LogP contribution is -2.18. The molecule has 2 rings (SSSR count). The van der Waals surface area contributed by atoms with Crippen molar-refractivity contribution in [2.75, 3.05) is 11.9 Å². The van der Waals surface area contributed by atoms with Gasteiger partial charge in [-0.05, 0) is 6.07 Å². The van der Waals surface area contributed by atoms with Crippen LogP contribution in [0.2, 0.25) is 0 Å². The second kappa shape index (κ2) is 2.74. The summed E-state index contributed by atoms with van der Waals surface area (Å²) in [5.74, 6) is 0. The minimum atomic E-state index is 0.671. The van der Waals surface area contributed by atoms with Crippen LogP contribution in [-0.4, -0.2) is 16.8 Å². The average molecular weight is 166 g/mol. The lowest BCUT2D eigenvalue weighted by molar-refractivity contribution is 0.969. The molecule has 3 heteroatoms. The van der Waals surface area contributed by atoms with Gasteiger partial charge in [-0.1, -0.05) is 6.92 Å². The number of aromatic nitrogens is 1. The van der Waals surface area contributed by atoms with Crippen molar-refractivity contribution in [1.82, 2.24) is 4.98 Å². The SMILES string of the molecule is CC1CNc2cnccc2S1. The van der Waals surface area contributed by atoms with Crippen molar-refractivity contribution in [3.63, 3.8) is 0 Å². The summed E-state index contributed by atoms with van der Waals surface area (Å²) in [5, 5.41) is 4.00. The highest BCUT2D eigenvalue weighted by atomic mass is 32.2. The maximum Gasteiger partial charge on any atom is 0.0665 e. The van der Waals surface area contributed by atoms with E-state index in [9.17, 15) is 0 Å². The molecule has 1 aliphatic heterocycles. The van der Waals surface area contributed by atoms with Gasteiger partial charge in [0.15, 0.2) is 0 Å². The monoisotopic (exact) mass is 166 g/mol. The molecule has 0 spiro atoms. The van der Waals surface area contributed by atoms with Gasteiger partial charge in [-0.15, -0.1) is 11.8 Å². The van der Waals surface area contributed by atoms with E-state index >= 15 is 0 Å². The molecule has 11 heavy (non-hydrogen) atoms. The molecule has 1 aromatic rings. The smallest absolute Gasteiger partial charge is 0.0665 e. The number of rotatable bonds is 0. The molecule has 1 aliphatic rings. The standard InChI is InChI=1S/C8H10N2S/c1-6-4-10-7-5-9-3-2-8(7)11-6/h2-3,5-6,10H,4H2,1H3. The molecule has 0 saturated carbocycles. The van der Waals surface area contributed by atoms with Crippen LogP contribution < -0.4 is 5.32 Å². The van der Waals surface area contributed by atoms with Gasteiger partial charge in [-0.25, -0.2) is 0 Å². The molecular formula is C8H10N2S. The highest BCUT2D eigenvalue weighted by Crippen LogP contribution is 2.33. The lowest BCUT2D eigenvalue weighted by atomic mass is 10.4. The summed E-state index contributed by atoms with van der Waals surface area (Å²) in [7, 11) is 0. The van der Waals surface area contributed by atoms with Gasteiger partial charge in [0.2, 0.25) is 0 Å². The van der Waals surface area contributed by atoms with Crippen LogP contribution in [0.1, 0.15) is 6.92 Å². The van der Waals surface area contributed by atoms with Gasteiger partial charge in [-0.2, -0.15) is 0 Å². The molecule has 0 bridgehead atoms. The van der Waals surface area contributed by atoms with E-state index < -0.39 is 0 Å². The Morgan fingerprint density at radius 2 is 2.64 bits per heavy atom. The zero-order chi connectivity index (χ0) is 7.68. The van der Waals surface area contributed by atoms with Gasteiger partial charge in [0, 0.05) is 22.9 Å². The van der Waals surface area contributed by atoms with E-state index in [0.717, 1.165) is 6.54 Å². The summed E-state index contributed by atoms with van der Waals surface area (Å²) in [6.45, 7) is 3.27. The average Bonchev–Trinajstić information content (AvgIpc) is 2.04. The van der Waals surface area contributed by atoms with Gasteiger partial charge in [0.25, 0.3) is 0 Å². The Morgan fingerprint density at radius 3 is 3.55 bits per heavy atom. The number of hydrogen-bond acceptors (Lipinski definition) is 3. The van der Waals surface area contributed by atoms with Crippen molar-refractivity contribution in [3.8, 4) is 0 Å². The molecule has 58 valence electrons. The van der Waals surface area contributed by atoms with Crippen molar-refractivity contribution in [1.29, 1.82) is 0 Å². The minimum Gasteiger partial charge on any atom is -0.382 e. The Kier molecular flexibility index (Phi) is 1.74. The summed E-state index contributed by atoms with van der Waals surface area (Å²) in [4.78, 5) is 5.37. The van der Waals surface area contributed by atoms with Gasteiger partial charge in [0.05, 0.1) is 11.9 Å². The fourth-order valence-corrected chi connectivity index (χ4v) is 2.12. The highest BCUT2D eigenvalue weighted by molar-refractivity contribution is 8.00. The van der Waals surface area contributed by atoms with E-state index in [1.807, 2.05) is 24.2 Å². The molecule has 0 amide bonds. The molecule has 1 N–H and O–H groups in total. The Labute approximate surface area is 70.4 Å². The van der Waals surface area contributed by atoms with E-state index in [-0.39, 0.29) is 0 Å². The number of fused-ring (bicyclic) bond motifs is 1. The molecule has 0 fully saturated rings. The third kappa shape index (κ3) is 1.33. The number of anilines is 1. The zero-order valence-corrected chi connectivity index (χ0v) is 7.19. The normalized spacial score (nSPS) is 22.1. The number of pyridine rings is 1. The van der Waals surface area contributed by atoms with Crippen molar-refractivity contribution < 1.29 is 0 Å². The largest absolute Gasteiger partial charge is 0.382 e. The molecular weight excluding hydrogens is 156 g/mol. The first-order valence-corrected chi connectivity index (χ1v) is 4.59. The van der Waals surface area contributed by atoms with Crippen LogP contribution in [0.15, 0.2) is 23.4 Å². The van der Waals surface area contributed by atoms with Crippen molar-refractivity contribution in [2.24, 2.45) is 0 Å². The zero-order valence-electron chi connectivity index (χ0n) is 6.37. The van der Waals surface area contributed by atoms with Gasteiger partial charge in [-0.3, -0.25) is 4.98 Å². The summed E-state index contributed by atoms with van der Waals surface area (Å²) in [5.41, 5.74) is 1.18. The Morgan fingerprint density at radius 1 is 1.73 bits per heavy atom. The molecule has 0 saturated heterocycles. The summed E-state index contributed by atoms with van der Waals surface area (Å²) < 4.78 is 0. The van der Waals surface area contributed by atoms with Crippen molar-refractivity contribution in [2.45, 2.75) is 17.1 Å². The fourth-order valence-electron chi connectivity index (χ4n) is 1.13. The quantitative estimate of drug-likeness (QED) is 0.638. The van der Waals surface area contributed by atoms with Gasteiger partial charge < -0.3 is 5.32 Å². The molecule has 0 aromatic carbocycles. The minimum absolute atomic E-state index is 0.671. The van der Waals surface area contributed by atoms with E-state index in [1.54, 1.807) is 0 Å². The van der Waals surface area contributed by atoms with E-state index in [0.29, 0.717) is 5.25 Å². The second-order valence-electron chi connectivity index (χ2n) is 2.68. The summed E-state index contributed by atoms with van der Waals surface area (Å²) >= 11 is 1.91. The van der Waals surface area contributed by atoms with E-state index in [4.69, 9.17) is 0 Å². The van der Waals surface area contributed by atoms with Gasteiger partial charge >= 0.3 is 0 Å². The third-order valence-electron chi connectivity index (χ3n) is 1.69. The maximum atomic E-state index is 4.05. The maximum absolute atomic E-state index is 4.05. The number of nitrogens with one attached hydrogen (secondary N) is 1. The topological polar surface area (TPSA) is 24.9 Å². The third-order valence-corrected chi connectivity index (χ3v) is 2.87. The van der Waals surface area contributed by atoms with Crippen molar-refractivity contribution >= 4 is 17.4 Å². The predicted molar refractivity (Wildman–Crippen MR) is 48.0 cm³/mol. The highest BCUT2D eigenvalue weighted by Gasteiger charge is 2.13. The van der Waals surface area contributed by atoms with Crippen LogP contribution in [0.3, 0.4) is 0 Å². The summed E-state index contributed by atoms with van der Waals surface area (Å²) in [6, 6.07) is 2.06. The van der Waals surface area contributed by atoms with Crippen LogP contribution in [-0.2, 0) is 0 Å². The number of thioether (sulfide) groups is 1. The first-order valence-electron chi connectivity index (χ1n) is 3.71. The van der Waals surface area contributed by atoms with Crippen LogP contribution >= 0.6 is 11.8 Å². The van der Waals surface area contributed by atoms with Crippen LogP contribution in [0.25, 0.3) is 0 Å². The lowest BCUT2D eigenvalue weighted by Gasteiger charge is -2.21. The van der Waals surface area contributed by atoms with Crippen molar-refractivity contribution in [3.05, 3.63) is 18.5 Å². The molecule has 1 aromatic heterocycles. The molecule has 0 radical (unpaired) electrons. The fraction of sp³-hybridized carbons (Fsp3) is 0.375. The van der Waals surface area contributed by atoms with E-state index in [2.05, 4.69) is 23.3 Å². The summed E-state index contributed by atoms with van der Waals surface area (Å²) in [6.07, 6.45) is 3.72. The molecule has 2 nitrogen and oxygen atoms in total.